The summed E-state index contributed by atoms with van der Waals surface area (Å²) < 4.78 is 0. The number of aryl methyl sites for hydroxylation is 1. The van der Waals surface area contributed by atoms with Crippen LogP contribution in [0.5, 0.6) is 0 Å². The van der Waals surface area contributed by atoms with Gasteiger partial charge in [0.05, 0.1) is 6.54 Å². The molecule has 0 aliphatic carbocycles. The summed E-state index contributed by atoms with van der Waals surface area (Å²) >= 11 is 1.79. The van der Waals surface area contributed by atoms with Gasteiger partial charge in [0.15, 0.2) is 5.17 Å². The highest BCUT2D eigenvalue weighted by Crippen LogP contribution is 2.16. The van der Waals surface area contributed by atoms with Crippen LogP contribution in [0.1, 0.15) is 18.9 Å². The Kier molecular flexibility index (Phi) is 5.71. The van der Waals surface area contributed by atoms with Crippen LogP contribution in [0.4, 0.5) is 5.69 Å². The number of hydrogen-bond donors (Lipinski definition) is 1. The number of thioether (sulfide) groups is 1. The van der Waals surface area contributed by atoms with Crippen LogP contribution in [-0.4, -0.2) is 17.5 Å². The van der Waals surface area contributed by atoms with Crippen molar-refractivity contribution in [3.05, 3.63) is 29.8 Å². The lowest BCUT2D eigenvalue weighted by atomic mass is 10.1. The molecule has 2 nitrogen and oxygen atoms in total. The topological polar surface area (TPSA) is 24.4 Å². The van der Waals surface area contributed by atoms with Crippen LogP contribution in [-0.2, 0) is 6.42 Å². The SMILES string of the molecule is CCCc1ccc(NC2=NCCS2)cc1.Cl. The van der Waals surface area contributed by atoms with E-state index in [-0.39, 0.29) is 12.4 Å². The predicted octanol–water partition coefficient (Wildman–Crippen LogP) is 3.58. The molecule has 1 aliphatic rings. The van der Waals surface area contributed by atoms with Gasteiger partial charge in [0.2, 0.25) is 0 Å². The van der Waals surface area contributed by atoms with E-state index in [0.29, 0.717) is 0 Å². The van der Waals surface area contributed by atoms with E-state index in [0.717, 1.165) is 29.6 Å². The van der Waals surface area contributed by atoms with Gasteiger partial charge in [0.1, 0.15) is 0 Å². The van der Waals surface area contributed by atoms with E-state index in [1.54, 1.807) is 11.8 Å². The normalized spacial score (nSPS) is 14.2. The fourth-order valence-corrected chi connectivity index (χ4v) is 2.33. The molecule has 0 saturated heterocycles. The zero-order chi connectivity index (χ0) is 10.5. The van der Waals surface area contributed by atoms with Crippen LogP contribution in [0, 0.1) is 0 Å². The lowest BCUT2D eigenvalue weighted by Crippen LogP contribution is -2.04. The fourth-order valence-electron chi connectivity index (χ4n) is 1.58. The molecule has 0 saturated carbocycles. The van der Waals surface area contributed by atoms with Crippen LogP contribution in [0.15, 0.2) is 29.3 Å². The third kappa shape index (κ3) is 3.72. The smallest absolute Gasteiger partial charge is 0.161 e. The molecule has 0 radical (unpaired) electrons. The zero-order valence-electron chi connectivity index (χ0n) is 9.40. The zero-order valence-corrected chi connectivity index (χ0v) is 11.0. The molecule has 0 unspecified atom stereocenters. The molecule has 2 rings (SSSR count). The molecule has 1 aromatic carbocycles. The lowest BCUT2D eigenvalue weighted by molar-refractivity contribution is 0.922. The van der Waals surface area contributed by atoms with E-state index in [1.165, 1.54) is 12.0 Å². The van der Waals surface area contributed by atoms with Gasteiger partial charge in [-0.15, -0.1) is 12.4 Å². The van der Waals surface area contributed by atoms with E-state index in [4.69, 9.17) is 0 Å². The number of benzene rings is 1. The summed E-state index contributed by atoms with van der Waals surface area (Å²) in [7, 11) is 0. The van der Waals surface area contributed by atoms with Crippen molar-refractivity contribution in [2.75, 3.05) is 17.6 Å². The van der Waals surface area contributed by atoms with Gasteiger partial charge in [0, 0.05) is 11.4 Å². The predicted molar refractivity (Wildman–Crippen MR) is 76.1 cm³/mol. The first-order valence-corrected chi connectivity index (χ1v) is 6.40. The molecular weight excluding hydrogens is 240 g/mol. The largest absolute Gasteiger partial charge is 0.335 e. The number of anilines is 1. The fraction of sp³-hybridized carbons (Fsp3) is 0.417. The molecule has 4 heteroatoms. The quantitative estimate of drug-likeness (QED) is 0.894. The van der Waals surface area contributed by atoms with E-state index >= 15 is 0 Å². The molecule has 0 aromatic heterocycles. The second-order valence-electron chi connectivity index (χ2n) is 3.61. The molecule has 1 aromatic rings. The molecule has 0 bridgehead atoms. The Morgan fingerprint density at radius 2 is 2.06 bits per heavy atom. The van der Waals surface area contributed by atoms with Gasteiger partial charge in [-0.25, -0.2) is 0 Å². The molecule has 0 fully saturated rings. The monoisotopic (exact) mass is 256 g/mol. The number of rotatable bonds is 3. The van der Waals surface area contributed by atoms with Crippen LogP contribution < -0.4 is 5.32 Å². The summed E-state index contributed by atoms with van der Waals surface area (Å²) in [5.41, 5.74) is 2.55. The maximum Gasteiger partial charge on any atom is 0.161 e. The van der Waals surface area contributed by atoms with Crippen molar-refractivity contribution in [1.29, 1.82) is 0 Å². The van der Waals surface area contributed by atoms with Crippen molar-refractivity contribution in [3.8, 4) is 0 Å². The Balaban J connectivity index is 0.00000128. The number of aliphatic imine (C=N–C) groups is 1. The third-order valence-corrected chi connectivity index (χ3v) is 3.22. The second-order valence-corrected chi connectivity index (χ2v) is 4.69. The summed E-state index contributed by atoms with van der Waals surface area (Å²) in [6.45, 7) is 3.15. The van der Waals surface area contributed by atoms with E-state index in [9.17, 15) is 0 Å². The van der Waals surface area contributed by atoms with Gasteiger partial charge in [-0.05, 0) is 24.1 Å². The number of nitrogens with zero attached hydrogens (tertiary/aromatic N) is 1. The van der Waals surface area contributed by atoms with Gasteiger partial charge in [-0.3, -0.25) is 4.99 Å². The van der Waals surface area contributed by atoms with E-state index < -0.39 is 0 Å². The van der Waals surface area contributed by atoms with Crippen molar-refractivity contribution < 1.29 is 0 Å². The first-order chi connectivity index (χ1) is 7.38. The molecule has 88 valence electrons. The molecule has 0 spiro atoms. The Morgan fingerprint density at radius 3 is 2.62 bits per heavy atom. The lowest BCUT2D eigenvalue weighted by Gasteiger charge is -2.05. The van der Waals surface area contributed by atoms with E-state index in [1.807, 2.05) is 0 Å². The number of hydrogen-bond acceptors (Lipinski definition) is 3. The van der Waals surface area contributed by atoms with Crippen LogP contribution in [0.3, 0.4) is 0 Å². The number of amidine groups is 1. The van der Waals surface area contributed by atoms with Crippen LogP contribution in [0.25, 0.3) is 0 Å². The summed E-state index contributed by atoms with van der Waals surface area (Å²) in [6.07, 6.45) is 2.37. The maximum absolute atomic E-state index is 4.36. The van der Waals surface area contributed by atoms with Crippen molar-refractivity contribution >= 4 is 35.0 Å². The summed E-state index contributed by atoms with van der Waals surface area (Å²) in [5.74, 6) is 1.11. The molecule has 1 aliphatic heterocycles. The van der Waals surface area contributed by atoms with Gasteiger partial charge < -0.3 is 5.32 Å². The van der Waals surface area contributed by atoms with E-state index in [2.05, 4.69) is 41.5 Å². The highest BCUT2D eigenvalue weighted by Gasteiger charge is 2.06. The minimum absolute atomic E-state index is 0. The highest BCUT2D eigenvalue weighted by atomic mass is 35.5. The summed E-state index contributed by atoms with van der Waals surface area (Å²) in [5, 5.41) is 4.38. The standard InChI is InChI=1S/C12H16N2S.ClH/c1-2-3-10-4-6-11(7-5-10)14-12-13-8-9-15-12;/h4-7H,2-3,8-9H2,1H3,(H,13,14);1H. The van der Waals surface area contributed by atoms with Crippen molar-refractivity contribution in [3.63, 3.8) is 0 Å². The Labute approximate surface area is 107 Å². The molecule has 0 atom stereocenters. The second kappa shape index (κ2) is 6.81. The van der Waals surface area contributed by atoms with Gasteiger partial charge in [-0.1, -0.05) is 37.2 Å². The molecule has 1 heterocycles. The van der Waals surface area contributed by atoms with Crippen LogP contribution in [0.2, 0.25) is 0 Å². The van der Waals surface area contributed by atoms with Crippen LogP contribution >= 0.6 is 24.2 Å². The molecule has 16 heavy (non-hydrogen) atoms. The number of nitrogens with one attached hydrogen (secondary N) is 1. The third-order valence-electron chi connectivity index (χ3n) is 2.33. The Morgan fingerprint density at radius 1 is 1.31 bits per heavy atom. The molecule has 0 amide bonds. The van der Waals surface area contributed by atoms with Gasteiger partial charge in [-0.2, -0.15) is 0 Å². The van der Waals surface area contributed by atoms with Crippen molar-refractivity contribution in [2.24, 2.45) is 4.99 Å². The highest BCUT2D eigenvalue weighted by molar-refractivity contribution is 8.14. The van der Waals surface area contributed by atoms with Crippen molar-refractivity contribution in [2.45, 2.75) is 19.8 Å². The number of halogens is 1. The molecule has 1 N–H and O–H groups in total. The van der Waals surface area contributed by atoms with Crippen molar-refractivity contribution in [1.82, 2.24) is 0 Å². The first kappa shape index (κ1) is 13.4. The summed E-state index contributed by atoms with van der Waals surface area (Å²) in [6, 6.07) is 8.64. The average Bonchev–Trinajstić information content (AvgIpc) is 2.74. The Hall–Kier alpha value is -0.670. The van der Waals surface area contributed by atoms with Gasteiger partial charge in [0.25, 0.3) is 0 Å². The average molecular weight is 257 g/mol. The summed E-state index contributed by atoms with van der Waals surface area (Å²) in [4.78, 5) is 4.36. The molecular formula is C12H17ClN2S. The maximum atomic E-state index is 4.36. The minimum atomic E-state index is 0. The minimum Gasteiger partial charge on any atom is -0.335 e. The Bertz CT molecular complexity index is 349. The van der Waals surface area contributed by atoms with Gasteiger partial charge >= 0.3 is 0 Å². The first-order valence-electron chi connectivity index (χ1n) is 5.41.